The van der Waals surface area contributed by atoms with E-state index in [-0.39, 0.29) is 5.82 Å². The van der Waals surface area contributed by atoms with Crippen LogP contribution < -0.4 is 0 Å². The lowest BCUT2D eigenvalue weighted by atomic mass is 10.1. The summed E-state index contributed by atoms with van der Waals surface area (Å²) in [5.41, 5.74) is 5.34. The molecule has 3 aromatic heterocycles. The van der Waals surface area contributed by atoms with Crippen LogP contribution >= 0.6 is 11.3 Å². The molecule has 0 radical (unpaired) electrons. The van der Waals surface area contributed by atoms with E-state index in [0.717, 1.165) is 27.4 Å². The van der Waals surface area contributed by atoms with Crippen LogP contribution in [0.4, 0.5) is 4.39 Å². The predicted octanol–water partition coefficient (Wildman–Crippen LogP) is 5.71. The predicted molar refractivity (Wildman–Crippen MR) is 130 cm³/mol. The molecule has 0 saturated heterocycles. The molecule has 0 fully saturated rings. The van der Waals surface area contributed by atoms with E-state index in [1.165, 1.54) is 10.8 Å². The highest BCUT2D eigenvalue weighted by Crippen LogP contribution is 2.33. The Morgan fingerprint density at radius 3 is 2.56 bits per heavy atom. The SMILES string of the molecule is Fc1ccccc1Cn1cc(COCc2c(-c3ccccc3)nc3sc4ccccc4n23)nn1. The second kappa shape index (κ2) is 8.81. The molecule has 0 aliphatic carbocycles. The molecule has 6 rings (SSSR count). The monoisotopic (exact) mass is 469 g/mol. The van der Waals surface area contributed by atoms with Crippen molar-refractivity contribution >= 4 is 26.5 Å². The molecule has 0 amide bonds. The third kappa shape index (κ3) is 3.87. The molecular weight excluding hydrogens is 449 g/mol. The van der Waals surface area contributed by atoms with Crippen LogP contribution in [-0.2, 0) is 24.5 Å². The maximum atomic E-state index is 13.9. The van der Waals surface area contributed by atoms with Crippen LogP contribution in [-0.4, -0.2) is 24.4 Å². The summed E-state index contributed by atoms with van der Waals surface area (Å²) in [6.45, 7) is 0.981. The van der Waals surface area contributed by atoms with E-state index in [9.17, 15) is 4.39 Å². The molecule has 0 bridgehead atoms. The quantitative estimate of drug-likeness (QED) is 0.300. The number of ether oxygens (including phenoxy) is 1. The number of rotatable bonds is 7. The van der Waals surface area contributed by atoms with Gasteiger partial charge < -0.3 is 4.74 Å². The fourth-order valence-corrected chi connectivity index (χ4v) is 5.11. The molecule has 0 N–H and O–H groups in total. The minimum absolute atomic E-state index is 0.253. The van der Waals surface area contributed by atoms with Gasteiger partial charge in [0.25, 0.3) is 0 Å². The minimum Gasteiger partial charge on any atom is -0.369 e. The van der Waals surface area contributed by atoms with Gasteiger partial charge in [0.15, 0.2) is 4.96 Å². The fraction of sp³-hybridized carbons (Fsp3) is 0.115. The summed E-state index contributed by atoms with van der Waals surface area (Å²) in [6.07, 6.45) is 1.79. The zero-order valence-electron chi connectivity index (χ0n) is 18.1. The van der Waals surface area contributed by atoms with Crippen molar-refractivity contribution in [3.63, 3.8) is 0 Å². The smallest absolute Gasteiger partial charge is 0.195 e. The maximum Gasteiger partial charge on any atom is 0.195 e. The summed E-state index contributed by atoms with van der Waals surface area (Å²) >= 11 is 1.67. The van der Waals surface area contributed by atoms with Gasteiger partial charge in [-0.25, -0.2) is 14.1 Å². The van der Waals surface area contributed by atoms with Crippen molar-refractivity contribution in [2.24, 2.45) is 0 Å². The number of nitrogens with zero attached hydrogens (tertiary/aromatic N) is 5. The summed E-state index contributed by atoms with van der Waals surface area (Å²) in [4.78, 5) is 5.88. The Morgan fingerprint density at radius 2 is 1.68 bits per heavy atom. The number of thiazole rings is 1. The molecule has 8 heteroatoms. The van der Waals surface area contributed by atoms with E-state index in [1.807, 2.05) is 36.4 Å². The van der Waals surface area contributed by atoms with Crippen molar-refractivity contribution in [1.82, 2.24) is 24.4 Å². The Morgan fingerprint density at radius 1 is 0.882 bits per heavy atom. The van der Waals surface area contributed by atoms with Gasteiger partial charge in [-0.3, -0.25) is 4.40 Å². The normalized spacial score (nSPS) is 11.6. The van der Waals surface area contributed by atoms with E-state index in [1.54, 1.807) is 34.3 Å². The first-order chi connectivity index (χ1) is 16.8. The molecule has 0 atom stereocenters. The van der Waals surface area contributed by atoms with Gasteiger partial charge in [-0.1, -0.05) is 77.2 Å². The Labute approximate surface area is 198 Å². The van der Waals surface area contributed by atoms with Crippen LogP contribution in [0.15, 0.2) is 85.1 Å². The van der Waals surface area contributed by atoms with Crippen molar-refractivity contribution in [1.29, 1.82) is 0 Å². The van der Waals surface area contributed by atoms with Gasteiger partial charge in [0.2, 0.25) is 0 Å². The summed E-state index contributed by atoms with van der Waals surface area (Å²) in [5.74, 6) is -0.253. The van der Waals surface area contributed by atoms with Crippen LogP contribution in [0.2, 0.25) is 0 Å². The molecule has 0 aliphatic heterocycles. The molecule has 0 unspecified atom stereocenters. The summed E-state index contributed by atoms with van der Waals surface area (Å²) < 4.78 is 25.0. The van der Waals surface area contributed by atoms with Crippen molar-refractivity contribution in [2.45, 2.75) is 19.8 Å². The average molecular weight is 470 g/mol. The molecule has 0 saturated carbocycles. The third-order valence-electron chi connectivity index (χ3n) is 5.66. The average Bonchev–Trinajstić information content (AvgIpc) is 3.56. The Hall–Kier alpha value is -3.88. The van der Waals surface area contributed by atoms with Crippen LogP contribution in [0.5, 0.6) is 0 Å². The fourth-order valence-electron chi connectivity index (χ4n) is 4.07. The molecule has 0 aliphatic rings. The lowest BCUT2D eigenvalue weighted by molar-refractivity contribution is 0.102. The lowest BCUT2D eigenvalue weighted by Crippen LogP contribution is -2.02. The number of hydrogen-bond acceptors (Lipinski definition) is 5. The van der Waals surface area contributed by atoms with E-state index in [4.69, 9.17) is 9.72 Å². The van der Waals surface area contributed by atoms with E-state index >= 15 is 0 Å². The summed E-state index contributed by atoms with van der Waals surface area (Å²) in [5, 5.41) is 8.31. The second-order valence-corrected chi connectivity index (χ2v) is 8.96. The van der Waals surface area contributed by atoms with Crippen molar-refractivity contribution < 1.29 is 9.13 Å². The number of benzene rings is 3. The highest BCUT2D eigenvalue weighted by molar-refractivity contribution is 7.23. The van der Waals surface area contributed by atoms with E-state index < -0.39 is 0 Å². The number of para-hydroxylation sites is 1. The zero-order chi connectivity index (χ0) is 22.9. The van der Waals surface area contributed by atoms with Crippen LogP contribution in [0, 0.1) is 5.82 Å². The summed E-state index contributed by atoms with van der Waals surface area (Å²) in [7, 11) is 0. The molecule has 3 heterocycles. The lowest BCUT2D eigenvalue weighted by Gasteiger charge is -2.06. The largest absolute Gasteiger partial charge is 0.369 e. The van der Waals surface area contributed by atoms with Gasteiger partial charge in [-0.15, -0.1) is 5.10 Å². The third-order valence-corrected chi connectivity index (χ3v) is 6.68. The highest BCUT2D eigenvalue weighted by Gasteiger charge is 2.18. The van der Waals surface area contributed by atoms with Crippen molar-refractivity contribution in [3.05, 3.63) is 108 Å². The standard InChI is InChI=1S/C26H20FN5OS/c27-21-11-5-4-10-19(21)14-31-15-20(29-30-31)16-33-17-23-25(18-8-2-1-3-9-18)28-26-32(23)22-12-6-7-13-24(22)34-26/h1-13,15H,14,16-17H2. The number of fused-ring (bicyclic) bond motifs is 3. The van der Waals surface area contributed by atoms with Crippen molar-refractivity contribution in [2.75, 3.05) is 0 Å². The van der Waals surface area contributed by atoms with Gasteiger partial charge in [-0.2, -0.15) is 0 Å². The topological polar surface area (TPSA) is 57.2 Å². The first kappa shape index (κ1) is 20.7. The molecule has 3 aromatic carbocycles. The van der Waals surface area contributed by atoms with Crippen LogP contribution in [0.25, 0.3) is 26.4 Å². The minimum atomic E-state index is -0.253. The number of aromatic nitrogens is 5. The summed E-state index contributed by atoms with van der Waals surface area (Å²) in [6, 6.07) is 25.1. The van der Waals surface area contributed by atoms with E-state index in [0.29, 0.717) is 31.0 Å². The van der Waals surface area contributed by atoms with Gasteiger partial charge in [0.05, 0.1) is 47.6 Å². The molecule has 6 nitrogen and oxygen atoms in total. The number of imidazole rings is 1. The maximum absolute atomic E-state index is 13.9. The number of hydrogen-bond donors (Lipinski definition) is 0. The van der Waals surface area contributed by atoms with Crippen molar-refractivity contribution in [3.8, 4) is 11.3 Å². The van der Waals surface area contributed by atoms with Gasteiger partial charge in [0, 0.05) is 11.1 Å². The first-order valence-electron chi connectivity index (χ1n) is 10.9. The Balaban J connectivity index is 1.25. The van der Waals surface area contributed by atoms with Gasteiger partial charge in [-0.05, 0) is 18.2 Å². The Kier molecular flexibility index (Phi) is 5.37. The van der Waals surface area contributed by atoms with E-state index in [2.05, 4.69) is 39.0 Å². The molecular formula is C26H20FN5OS. The Bertz CT molecular complexity index is 1590. The van der Waals surface area contributed by atoms with Gasteiger partial charge >= 0.3 is 0 Å². The zero-order valence-corrected chi connectivity index (χ0v) is 19.0. The van der Waals surface area contributed by atoms with Gasteiger partial charge in [0.1, 0.15) is 11.5 Å². The molecule has 168 valence electrons. The highest BCUT2D eigenvalue weighted by atomic mass is 32.1. The van der Waals surface area contributed by atoms with Crippen LogP contribution in [0.1, 0.15) is 17.0 Å². The first-order valence-corrected chi connectivity index (χ1v) is 11.7. The molecule has 0 spiro atoms. The molecule has 34 heavy (non-hydrogen) atoms. The molecule has 6 aromatic rings. The number of halogens is 1. The second-order valence-electron chi connectivity index (χ2n) is 7.95. The van der Waals surface area contributed by atoms with Crippen LogP contribution in [0.3, 0.4) is 0 Å².